The number of hydrogen-bond donors (Lipinski definition) is 1. The van der Waals surface area contributed by atoms with Crippen molar-refractivity contribution in [2.45, 2.75) is 19.4 Å². The van der Waals surface area contributed by atoms with Crippen LogP contribution in [-0.2, 0) is 11.3 Å². The Hall–Kier alpha value is -2.80. The molecule has 0 aliphatic carbocycles. The van der Waals surface area contributed by atoms with Gasteiger partial charge in [-0.05, 0) is 24.1 Å². The van der Waals surface area contributed by atoms with Gasteiger partial charge in [0.1, 0.15) is 11.6 Å². The number of nitrogens with zero attached hydrogens (tertiary/aromatic N) is 2. The fourth-order valence-electron chi connectivity index (χ4n) is 3.43. The van der Waals surface area contributed by atoms with Crippen molar-refractivity contribution in [2.75, 3.05) is 32.7 Å². The van der Waals surface area contributed by atoms with Crippen molar-refractivity contribution in [1.29, 1.82) is 0 Å². The molecule has 154 valence electrons. The average Bonchev–Trinajstić information content (AvgIpc) is 2.94. The molecule has 1 fully saturated rings. The van der Waals surface area contributed by atoms with E-state index >= 15 is 0 Å². The highest BCUT2D eigenvalue weighted by Crippen LogP contribution is 2.11. The molecule has 3 rings (SSSR count). The molecule has 0 aromatic heterocycles. The lowest BCUT2D eigenvalue weighted by Gasteiger charge is -2.22. The van der Waals surface area contributed by atoms with Gasteiger partial charge in [0, 0.05) is 51.8 Å². The Bertz CT molecular complexity index is 845. The Labute approximate surface area is 169 Å². The molecule has 7 heteroatoms. The molecule has 1 aliphatic heterocycles. The second kappa shape index (κ2) is 10.1. The van der Waals surface area contributed by atoms with Crippen LogP contribution in [-0.4, -0.2) is 54.3 Å². The molecule has 0 bridgehead atoms. The summed E-state index contributed by atoms with van der Waals surface area (Å²) in [5.41, 5.74) is 1.02. The third-order valence-corrected chi connectivity index (χ3v) is 4.99. The molecule has 1 heterocycles. The summed E-state index contributed by atoms with van der Waals surface area (Å²) in [5.74, 6) is -2.34. The van der Waals surface area contributed by atoms with Gasteiger partial charge in [0.15, 0.2) is 0 Å². The van der Waals surface area contributed by atoms with Gasteiger partial charge in [-0.2, -0.15) is 0 Å². The van der Waals surface area contributed by atoms with E-state index in [9.17, 15) is 18.4 Å². The molecule has 2 aromatic carbocycles. The highest BCUT2D eigenvalue weighted by Gasteiger charge is 2.19. The van der Waals surface area contributed by atoms with Crippen LogP contribution in [0.2, 0.25) is 0 Å². The molecule has 1 aliphatic rings. The number of amides is 2. The van der Waals surface area contributed by atoms with Crippen LogP contribution in [0.1, 0.15) is 28.8 Å². The van der Waals surface area contributed by atoms with Gasteiger partial charge >= 0.3 is 0 Å². The van der Waals surface area contributed by atoms with E-state index in [0.717, 1.165) is 38.2 Å². The highest BCUT2D eigenvalue weighted by molar-refractivity contribution is 5.94. The van der Waals surface area contributed by atoms with Gasteiger partial charge in [0.2, 0.25) is 5.91 Å². The summed E-state index contributed by atoms with van der Waals surface area (Å²) >= 11 is 0. The van der Waals surface area contributed by atoms with E-state index in [1.54, 1.807) is 0 Å². The predicted octanol–water partition coefficient (Wildman–Crippen LogP) is 2.82. The van der Waals surface area contributed by atoms with Crippen LogP contribution >= 0.6 is 0 Å². The van der Waals surface area contributed by atoms with Crippen LogP contribution < -0.4 is 5.32 Å². The van der Waals surface area contributed by atoms with Gasteiger partial charge in [-0.3, -0.25) is 14.5 Å². The molecular formula is C22H25F2N3O2. The van der Waals surface area contributed by atoms with Crippen molar-refractivity contribution in [3.63, 3.8) is 0 Å². The van der Waals surface area contributed by atoms with Crippen LogP contribution in [0.25, 0.3) is 0 Å². The molecule has 1 N–H and O–H groups in total. The van der Waals surface area contributed by atoms with Gasteiger partial charge < -0.3 is 10.2 Å². The summed E-state index contributed by atoms with van der Waals surface area (Å²) in [6.07, 6.45) is 1.04. The molecular weight excluding hydrogens is 376 g/mol. The summed E-state index contributed by atoms with van der Waals surface area (Å²) in [5, 5.41) is 2.53. The van der Waals surface area contributed by atoms with Crippen molar-refractivity contribution < 1.29 is 18.4 Å². The van der Waals surface area contributed by atoms with Crippen molar-refractivity contribution >= 4 is 11.8 Å². The summed E-state index contributed by atoms with van der Waals surface area (Å²) < 4.78 is 26.6. The minimum Gasteiger partial charge on any atom is -0.351 e. The van der Waals surface area contributed by atoms with Gasteiger partial charge in [-0.25, -0.2) is 8.78 Å². The van der Waals surface area contributed by atoms with E-state index in [4.69, 9.17) is 0 Å². The normalized spacial score (nSPS) is 15.0. The topological polar surface area (TPSA) is 52.7 Å². The number of carbonyl (C=O) groups excluding carboxylic acids is 2. The molecule has 5 nitrogen and oxygen atoms in total. The van der Waals surface area contributed by atoms with E-state index in [0.29, 0.717) is 19.2 Å². The molecule has 0 atom stereocenters. The van der Waals surface area contributed by atoms with Gasteiger partial charge in [-0.15, -0.1) is 0 Å². The zero-order valence-electron chi connectivity index (χ0n) is 16.2. The maximum absolute atomic E-state index is 13.6. The average molecular weight is 401 g/mol. The van der Waals surface area contributed by atoms with E-state index in [1.165, 1.54) is 5.56 Å². The molecule has 29 heavy (non-hydrogen) atoms. The van der Waals surface area contributed by atoms with Gasteiger partial charge in [0.05, 0.1) is 5.56 Å². The zero-order valence-corrected chi connectivity index (χ0v) is 16.2. The second-order valence-corrected chi connectivity index (χ2v) is 7.13. The van der Waals surface area contributed by atoms with Crippen LogP contribution in [0.15, 0.2) is 48.5 Å². The van der Waals surface area contributed by atoms with Gasteiger partial charge in [0.25, 0.3) is 5.91 Å². The first-order chi connectivity index (χ1) is 14.0. The van der Waals surface area contributed by atoms with E-state index in [1.807, 2.05) is 23.1 Å². The molecule has 2 aromatic rings. The highest BCUT2D eigenvalue weighted by atomic mass is 19.1. The predicted molar refractivity (Wildman–Crippen MR) is 106 cm³/mol. The quantitative estimate of drug-likeness (QED) is 0.810. The number of benzene rings is 2. The first-order valence-electron chi connectivity index (χ1n) is 9.80. The third kappa shape index (κ3) is 6.09. The fraction of sp³-hybridized carbons (Fsp3) is 0.364. The Morgan fingerprint density at radius 3 is 2.52 bits per heavy atom. The van der Waals surface area contributed by atoms with E-state index < -0.39 is 17.5 Å². The zero-order chi connectivity index (χ0) is 20.6. The number of rotatable bonds is 6. The third-order valence-electron chi connectivity index (χ3n) is 4.99. The summed E-state index contributed by atoms with van der Waals surface area (Å²) in [7, 11) is 0. The number of nitrogens with one attached hydrogen (secondary N) is 1. The van der Waals surface area contributed by atoms with Crippen molar-refractivity contribution in [3.05, 3.63) is 71.3 Å². The van der Waals surface area contributed by atoms with E-state index in [-0.39, 0.29) is 24.4 Å². The number of halogens is 2. The van der Waals surface area contributed by atoms with Crippen LogP contribution in [0.5, 0.6) is 0 Å². The number of hydrogen-bond acceptors (Lipinski definition) is 3. The Balaban J connectivity index is 1.43. The molecule has 0 radical (unpaired) electrons. The maximum atomic E-state index is 13.6. The summed E-state index contributed by atoms with van der Waals surface area (Å²) in [4.78, 5) is 28.6. The smallest absolute Gasteiger partial charge is 0.254 e. The molecule has 0 saturated carbocycles. The van der Waals surface area contributed by atoms with Gasteiger partial charge in [-0.1, -0.05) is 30.3 Å². The standard InChI is InChI=1S/C22H25F2N3O2/c23-18-7-8-19(20(24)15-18)22(29)25-10-9-21(28)27-12-4-11-26(13-14-27)16-17-5-2-1-3-6-17/h1-3,5-8,15H,4,9-14,16H2,(H,25,29). The Kier molecular flexibility index (Phi) is 7.30. The lowest BCUT2D eigenvalue weighted by Crippen LogP contribution is -2.37. The van der Waals surface area contributed by atoms with Crippen molar-refractivity contribution in [1.82, 2.24) is 15.1 Å². The Morgan fingerprint density at radius 1 is 0.966 bits per heavy atom. The number of carbonyl (C=O) groups is 2. The van der Waals surface area contributed by atoms with Crippen molar-refractivity contribution in [3.8, 4) is 0 Å². The monoisotopic (exact) mass is 401 g/mol. The maximum Gasteiger partial charge on any atom is 0.254 e. The summed E-state index contributed by atoms with van der Waals surface area (Å²) in [6.45, 7) is 4.03. The lowest BCUT2D eigenvalue weighted by atomic mass is 10.2. The largest absolute Gasteiger partial charge is 0.351 e. The molecule has 2 amide bonds. The van der Waals surface area contributed by atoms with Crippen LogP contribution in [0.3, 0.4) is 0 Å². The first kappa shape index (κ1) is 20.9. The molecule has 1 saturated heterocycles. The minimum atomic E-state index is -0.917. The molecule has 0 spiro atoms. The Morgan fingerprint density at radius 2 is 1.76 bits per heavy atom. The van der Waals surface area contributed by atoms with Crippen LogP contribution in [0, 0.1) is 11.6 Å². The molecule has 0 unspecified atom stereocenters. The first-order valence-corrected chi connectivity index (χ1v) is 9.80. The fourth-order valence-corrected chi connectivity index (χ4v) is 3.43. The minimum absolute atomic E-state index is 0.0357. The summed E-state index contributed by atoms with van der Waals surface area (Å²) in [6, 6.07) is 13.0. The van der Waals surface area contributed by atoms with Crippen molar-refractivity contribution in [2.24, 2.45) is 0 Å². The lowest BCUT2D eigenvalue weighted by molar-refractivity contribution is -0.130. The van der Waals surface area contributed by atoms with E-state index in [2.05, 4.69) is 22.3 Å². The SMILES string of the molecule is O=C(NCCC(=O)N1CCCN(Cc2ccccc2)CC1)c1ccc(F)cc1F. The second-order valence-electron chi connectivity index (χ2n) is 7.13. The van der Waals surface area contributed by atoms with Crippen LogP contribution in [0.4, 0.5) is 8.78 Å².